The van der Waals surface area contributed by atoms with Gasteiger partial charge in [-0.2, -0.15) is 0 Å². The summed E-state index contributed by atoms with van der Waals surface area (Å²) < 4.78 is 0. The second kappa shape index (κ2) is 5.63. The van der Waals surface area contributed by atoms with Crippen molar-refractivity contribution in [2.45, 2.75) is 18.9 Å². The van der Waals surface area contributed by atoms with Crippen molar-refractivity contribution >= 4 is 23.7 Å². The molecule has 1 fully saturated rings. The Hall–Kier alpha value is -1.20. The van der Waals surface area contributed by atoms with E-state index >= 15 is 0 Å². The molecule has 0 saturated carbocycles. The molecule has 0 bridgehead atoms. The Morgan fingerprint density at radius 3 is 3.00 bits per heavy atom. The Bertz CT molecular complexity index is 438. The van der Waals surface area contributed by atoms with Crippen molar-refractivity contribution in [1.29, 1.82) is 0 Å². The molecule has 0 aromatic carbocycles. The van der Waals surface area contributed by atoms with E-state index < -0.39 is 0 Å². The zero-order valence-corrected chi connectivity index (χ0v) is 11.4. The highest BCUT2D eigenvalue weighted by Gasteiger charge is 2.28. The molecule has 0 spiro atoms. The van der Waals surface area contributed by atoms with Crippen LogP contribution in [0.3, 0.4) is 0 Å². The van der Waals surface area contributed by atoms with Crippen molar-refractivity contribution in [3.8, 4) is 0 Å². The lowest BCUT2D eigenvalue weighted by Gasteiger charge is -2.28. The van der Waals surface area contributed by atoms with Crippen LogP contribution in [0.2, 0.25) is 5.15 Å². The topological polar surface area (TPSA) is 49.3 Å². The number of aromatic nitrogens is 2. The van der Waals surface area contributed by atoms with Crippen LogP contribution in [-0.2, 0) is 0 Å². The molecule has 2 rings (SSSR count). The summed E-state index contributed by atoms with van der Waals surface area (Å²) in [7, 11) is 4.09. The average molecular weight is 269 g/mol. The lowest BCUT2D eigenvalue weighted by atomic mass is 10.2. The minimum absolute atomic E-state index is 0.227. The average Bonchev–Trinajstić information content (AvgIpc) is 2.75. The smallest absolute Gasteiger partial charge is 0.156 e. The summed E-state index contributed by atoms with van der Waals surface area (Å²) in [6, 6.07) is 0.379. The number of rotatable bonds is 4. The number of hydrogen-bond donors (Lipinski definition) is 0. The van der Waals surface area contributed by atoms with Crippen molar-refractivity contribution in [1.82, 2.24) is 14.9 Å². The van der Waals surface area contributed by atoms with E-state index in [9.17, 15) is 4.79 Å². The molecule has 5 nitrogen and oxygen atoms in total. The monoisotopic (exact) mass is 268 g/mol. The quantitative estimate of drug-likeness (QED) is 0.611. The molecule has 1 atom stereocenters. The fourth-order valence-electron chi connectivity index (χ4n) is 2.42. The maximum atomic E-state index is 11.1. The predicted molar refractivity (Wildman–Crippen MR) is 71.4 cm³/mol. The van der Waals surface area contributed by atoms with Gasteiger partial charge in [0.05, 0.1) is 5.56 Å². The third kappa shape index (κ3) is 2.62. The summed E-state index contributed by atoms with van der Waals surface area (Å²) >= 11 is 5.94. The van der Waals surface area contributed by atoms with Crippen molar-refractivity contribution in [3.63, 3.8) is 0 Å². The Labute approximate surface area is 112 Å². The molecular weight excluding hydrogens is 252 g/mol. The number of anilines is 1. The first-order valence-corrected chi connectivity index (χ1v) is 6.38. The van der Waals surface area contributed by atoms with Crippen LogP contribution in [0, 0.1) is 0 Å². The summed E-state index contributed by atoms with van der Waals surface area (Å²) in [5.41, 5.74) is 0.393. The minimum Gasteiger partial charge on any atom is -0.352 e. The molecule has 1 aliphatic rings. The lowest BCUT2D eigenvalue weighted by molar-refractivity contribution is 0.112. The second-order valence-corrected chi connectivity index (χ2v) is 5.13. The number of hydrogen-bond acceptors (Lipinski definition) is 5. The molecule has 18 heavy (non-hydrogen) atoms. The number of halogens is 1. The van der Waals surface area contributed by atoms with Crippen LogP contribution < -0.4 is 4.90 Å². The molecular formula is C12H17ClN4O. The number of carbonyl (C=O) groups excluding carboxylic acids is 1. The number of aldehydes is 1. The van der Waals surface area contributed by atoms with E-state index in [-0.39, 0.29) is 5.15 Å². The van der Waals surface area contributed by atoms with E-state index in [0.717, 1.165) is 32.2 Å². The van der Waals surface area contributed by atoms with E-state index in [1.54, 1.807) is 0 Å². The SMILES string of the molecule is CN(C)CC1CCCN1c1ncnc(Cl)c1C=O. The van der Waals surface area contributed by atoms with E-state index in [1.807, 2.05) is 14.1 Å². The van der Waals surface area contributed by atoms with Gasteiger partial charge in [-0.1, -0.05) is 11.6 Å². The van der Waals surface area contributed by atoms with E-state index in [4.69, 9.17) is 11.6 Å². The molecule has 0 aliphatic carbocycles. The first-order chi connectivity index (χ1) is 8.63. The Balaban J connectivity index is 2.30. The van der Waals surface area contributed by atoms with Gasteiger partial charge in [-0.05, 0) is 26.9 Å². The van der Waals surface area contributed by atoms with Gasteiger partial charge in [0.15, 0.2) is 6.29 Å². The van der Waals surface area contributed by atoms with Crippen LogP contribution in [0.25, 0.3) is 0 Å². The van der Waals surface area contributed by atoms with Crippen molar-refractivity contribution < 1.29 is 4.79 Å². The van der Waals surface area contributed by atoms with E-state index in [2.05, 4.69) is 19.8 Å². The van der Waals surface area contributed by atoms with Crippen molar-refractivity contribution in [3.05, 3.63) is 17.0 Å². The highest BCUT2D eigenvalue weighted by Crippen LogP contribution is 2.28. The lowest BCUT2D eigenvalue weighted by Crippen LogP contribution is -2.38. The molecule has 1 aromatic rings. The maximum absolute atomic E-state index is 11.1. The molecule has 0 amide bonds. The van der Waals surface area contributed by atoms with E-state index in [1.165, 1.54) is 6.33 Å². The van der Waals surface area contributed by atoms with Crippen LogP contribution in [0.5, 0.6) is 0 Å². The fourth-order valence-corrected chi connectivity index (χ4v) is 2.59. The van der Waals surface area contributed by atoms with Gasteiger partial charge >= 0.3 is 0 Å². The molecule has 1 aromatic heterocycles. The second-order valence-electron chi connectivity index (χ2n) is 4.77. The van der Waals surface area contributed by atoms with Crippen LogP contribution >= 0.6 is 11.6 Å². The normalized spacial score (nSPS) is 19.6. The van der Waals surface area contributed by atoms with Gasteiger partial charge in [-0.3, -0.25) is 4.79 Å². The van der Waals surface area contributed by atoms with Crippen LogP contribution in [0.1, 0.15) is 23.2 Å². The number of nitrogens with zero attached hydrogens (tertiary/aromatic N) is 4. The predicted octanol–water partition coefficient (Wildman–Crippen LogP) is 1.47. The van der Waals surface area contributed by atoms with Gasteiger partial charge in [0.2, 0.25) is 0 Å². The minimum atomic E-state index is 0.227. The first-order valence-electron chi connectivity index (χ1n) is 6.00. The van der Waals surface area contributed by atoms with Crippen LogP contribution in [-0.4, -0.2) is 54.4 Å². The number of likely N-dealkylation sites (N-methyl/N-ethyl adjacent to an activating group) is 1. The molecule has 6 heteroatoms. The summed E-state index contributed by atoms with van der Waals surface area (Å²) in [6.07, 6.45) is 4.37. The Kier molecular flexibility index (Phi) is 4.14. The Morgan fingerprint density at radius 1 is 1.56 bits per heavy atom. The largest absolute Gasteiger partial charge is 0.352 e. The van der Waals surface area contributed by atoms with Crippen LogP contribution in [0.15, 0.2) is 6.33 Å². The van der Waals surface area contributed by atoms with Gasteiger partial charge in [-0.15, -0.1) is 0 Å². The molecule has 1 saturated heterocycles. The first kappa shape index (κ1) is 13.2. The summed E-state index contributed by atoms with van der Waals surface area (Å²) in [4.78, 5) is 23.5. The van der Waals surface area contributed by atoms with E-state index in [0.29, 0.717) is 17.4 Å². The van der Waals surface area contributed by atoms with Gasteiger partial charge in [0, 0.05) is 19.1 Å². The van der Waals surface area contributed by atoms with Gasteiger partial charge in [0.25, 0.3) is 0 Å². The van der Waals surface area contributed by atoms with Crippen LogP contribution in [0.4, 0.5) is 5.82 Å². The number of carbonyl (C=O) groups is 1. The van der Waals surface area contributed by atoms with Gasteiger partial charge in [0.1, 0.15) is 17.3 Å². The summed E-state index contributed by atoms with van der Waals surface area (Å²) in [5.74, 6) is 0.661. The molecule has 1 aliphatic heterocycles. The van der Waals surface area contributed by atoms with Gasteiger partial charge < -0.3 is 9.80 Å². The summed E-state index contributed by atoms with van der Waals surface area (Å²) in [5, 5.41) is 0.227. The Morgan fingerprint density at radius 2 is 2.33 bits per heavy atom. The third-order valence-corrected chi connectivity index (χ3v) is 3.46. The molecule has 0 N–H and O–H groups in total. The zero-order chi connectivity index (χ0) is 13.1. The fraction of sp³-hybridized carbons (Fsp3) is 0.583. The molecule has 1 unspecified atom stereocenters. The van der Waals surface area contributed by atoms with Crippen molar-refractivity contribution in [2.75, 3.05) is 32.1 Å². The highest BCUT2D eigenvalue weighted by atomic mass is 35.5. The maximum Gasteiger partial charge on any atom is 0.156 e. The van der Waals surface area contributed by atoms with Crippen molar-refractivity contribution in [2.24, 2.45) is 0 Å². The van der Waals surface area contributed by atoms with Gasteiger partial charge in [-0.25, -0.2) is 9.97 Å². The molecule has 98 valence electrons. The third-order valence-electron chi connectivity index (χ3n) is 3.16. The molecule has 0 radical (unpaired) electrons. The zero-order valence-electron chi connectivity index (χ0n) is 10.6. The summed E-state index contributed by atoms with van der Waals surface area (Å²) in [6.45, 7) is 1.85. The standard InChI is InChI=1S/C12H17ClN4O/c1-16(2)6-9-4-3-5-17(9)12-10(7-18)11(13)14-8-15-12/h7-9H,3-6H2,1-2H3. The highest BCUT2D eigenvalue weighted by molar-refractivity contribution is 6.32. The molecule has 2 heterocycles.